The fourth-order valence-electron chi connectivity index (χ4n) is 2.70. The first kappa shape index (κ1) is 17.8. The Morgan fingerprint density at radius 2 is 1.85 bits per heavy atom. The van der Waals surface area contributed by atoms with Crippen LogP contribution in [0.4, 0.5) is 5.69 Å². The minimum Gasteiger partial charge on any atom is -0.472 e. The zero-order chi connectivity index (χ0) is 18.7. The molecule has 7 nitrogen and oxygen atoms in total. The molecule has 1 aliphatic rings. The second kappa shape index (κ2) is 7.11. The number of rotatable bonds is 6. The van der Waals surface area contributed by atoms with Gasteiger partial charge in [0.05, 0.1) is 11.8 Å². The number of hydrogen-bond acceptors (Lipinski definition) is 5. The van der Waals surface area contributed by atoms with Crippen LogP contribution >= 0.6 is 0 Å². The first-order valence-corrected chi connectivity index (χ1v) is 8.62. The number of hydrogen-bond donors (Lipinski definition) is 2. The van der Waals surface area contributed by atoms with E-state index in [0.717, 1.165) is 12.8 Å². The van der Waals surface area contributed by atoms with Gasteiger partial charge in [-0.1, -0.05) is 13.8 Å². The van der Waals surface area contributed by atoms with E-state index in [1.165, 1.54) is 18.6 Å². The predicted octanol–water partition coefficient (Wildman–Crippen LogP) is 3.32. The maximum absolute atomic E-state index is 12.3. The molecule has 0 radical (unpaired) electrons. The van der Waals surface area contributed by atoms with E-state index in [0.29, 0.717) is 22.7 Å². The highest BCUT2D eigenvalue weighted by Crippen LogP contribution is 2.43. The van der Waals surface area contributed by atoms with Gasteiger partial charge in [0.1, 0.15) is 12.3 Å². The molecule has 2 aromatic rings. The highest BCUT2D eigenvalue weighted by atomic mass is 16.7. The number of carbonyl (C=O) groups is 2. The predicted molar refractivity (Wildman–Crippen MR) is 95.3 cm³/mol. The van der Waals surface area contributed by atoms with Crippen LogP contribution in [0.5, 0.6) is 11.5 Å². The number of nitrogens with one attached hydrogen (secondary N) is 2. The van der Waals surface area contributed by atoms with E-state index >= 15 is 0 Å². The molecule has 138 valence electrons. The SMILES string of the molecule is CCC1(CC)Oc2ccc(NC(=O)[C@H](C)NC(=O)c3ccoc3)cc2O1. The van der Waals surface area contributed by atoms with Gasteiger partial charge >= 0.3 is 0 Å². The topological polar surface area (TPSA) is 89.8 Å². The highest BCUT2D eigenvalue weighted by Gasteiger charge is 2.38. The van der Waals surface area contributed by atoms with Crippen molar-refractivity contribution in [2.24, 2.45) is 0 Å². The molecule has 0 unspecified atom stereocenters. The van der Waals surface area contributed by atoms with Gasteiger partial charge in [0, 0.05) is 24.6 Å². The lowest BCUT2D eigenvalue weighted by Crippen LogP contribution is -2.41. The van der Waals surface area contributed by atoms with E-state index < -0.39 is 11.8 Å². The molecule has 0 saturated heterocycles. The average molecular weight is 358 g/mol. The summed E-state index contributed by atoms with van der Waals surface area (Å²) in [6, 6.07) is 6.06. The number of ether oxygens (including phenoxy) is 2. The molecule has 7 heteroatoms. The first-order valence-electron chi connectivity index (χ1n) is 8.62. The molecule has 1 atom stereocenters. The maximum Gasteiger partial charge on any atom is 0.255 e. The quantitative estimate of drug-likeness (QED) is 0.827. The van der Waals surface area contributed by atoms with Gasteiger partial charge in [-0.2, -0.15) is 0 Å². The van der Waals surface area contributed by atoms with Gasteiger partial charge in [-0.05, 0) is 25.1 Å². The van der Waals surface area contributed by atoms with Crippen LogP contribution in [-0.4, -0.2) is 23.6 Å². The van der Waals surface area contributed by atoms with Gasteiger partial charge in [-0.3, -0.25) is 9.59 Å². The standard InChI is InChI=1S/C19H22N2O5/c1-4-19(5-2)25-15-7-6-14(10-16(15)26-19)21-17(22)12(3)20-18(23)13-8-9-24-11-13/h6-12H,4-5H2,1-3H3,(H,20,23)(H,21,22)/t12-/m0/s1. The van der Waals surface area contributed by atoms with Crippen LogP contribution in [0.3, 0.4) is 0 Å². The Morgan fingerprint density at radius 3 is 2.50 bits per heavy atom. The Morgan fingerprint density at radius 1 is 1.12 bits per heavy atom. The zero-order valence-corrected chi connectivity index (χ0v) is 15.0. The number of fused-ring (bicyclic) bond motifs is 1. The number of anilines is 1. The maximum atomic E-state index is 12.3. The van der Waals surface area contributed by atoms with Crippen molar-refractivity contribution in [3.8, 4) is 11.5 Å². The fourth-order valence-corrected chi connectivity index (χ4v) is 2.70. The van der Waals surface area contributed by atoms with Crippen LogP contribution in [0, 0.1) is 0 Å². The van der Waals surface area contributed by atoms with Gasteiger partial charge < -0.3 is 24.5 Å². The molecule has 1 aliphatic heterocycles. The van der Waals surface area contributed by atoms with Gasteiger partial charge in [-0.25, -0.2) is 0 Å². The van der Waals surface area contributed by atoms with Crippen LogP contribution in [0.2, 0.25) is 0 Å². The minimum atomic E-state index is -0.715. The molecule has 2 amide bonds. The lowest BCUT2D eigenvalue weighted by atomic mass is 10.1. The molecular formula is C19H22N2O5. The molecule has 1 aromatic heterocycles. The summed E-state index contributed by atoms with van der Waals surface area (Å²) in [4.78, 5) is 24.3. The van der Waals surface area contributed by atoms with Crippen LogP contribution in [0.1, 0.15) is 44.0 Å². The van der Waals surface area contributed by atoms with Crippen molar-refractivity contribution in [2.45, 2.75) is 45.4 Å². The van der Waals surface area contributed by atoms with Crippen molar-refractivity contribution >= 4 is 17.5 Å². The van der Waals surface area contributed by atoms with Crippen molar-refractivity contribution in [1.82, 2.24) is 5.32 Å². The van der Waals surface area contributed by atoms with Crippen molar-refractivity contribution in [3.05, 3.63) is 42.4 Å². The van der Waals surface area contributed by atoms with E-state index in [9.17, 15) is 9.59 Å². The summed E-state index contributed by atoms with van der Waals surface area (Å²) >= 11 is 0. The van der Waals surface area contributed by atoms with Gasteiger partial charge in [-0.15, -0.1) is 0 Å². The third-order valence-corrected chi connectivity index (χ3v) is 4.40. The molecule has 2 N–H and O–H groups in total. The fraction of sp³-hybridized carbons (Fsp3) is 0.368. The number of furan rings is 1. The van der Waals surface area contributed by atoms with E-state index in [-0.39, 0.29) is 11.8 Å². The number of carbonyl (C=O) groups excluding carboxylic acids is 2. The third-order valence-electron chi connectivity index (χ3n) is 4.40. The second-order valence-corrected chi connectivity index (χ2v) is 6.18. The van der Waals surface area contributed by atoms with Crippen molar-refractivity contribution in [2.75, 3.05) is 5.32 Å². The van der Waals surface area contributed by atoms with Crippen LogP contribution in [0.15, 0.2) is 41.2 Å². The van der Waals surface area contributed by atoms with E-state index in [1.807, 2.05) is 13.8 Å². The van der Waals surface area contributed by atoms with Crippen molar-refractivity contribution in [3.63, 3.8) is 0 Å². The molecule has 0 spiro atoms. The largest absolute Gasteiger partial charge is 0.472 e. The third kappa shape index (κ3) is 3.51. The average Bonchev–Trinajstić information content (AvgIpc) is 3.29. The summed E-state index contributed by atoms with van der Waals surface area (Å²) in [5, 5.41) is 5.39. The van der Waals surface area contributed by atoms with Gasteiger partial charge in [0.2, 0.25) is 5.91 Å². The number of benzene rings is 1. The summed E-state index contributed by atoms with van der Waals surface area (Å²) in [7, 11) is 0. The lowest BCUT2D eigenvalue weighted by molar-refractivity contribution is -0.117. The molecule has 0 fully saturated rings. The lowest BCUT2D eigenvalue weighted by Gasteiger charge is -2.24. The van der Waals surface area contributed by atoms with E-state index in [2.05, 4.69) is 10.6 Å². The Bertz CT molecular complexity index is 796. The molecule has 3 rings (SSSR count). The minimum absolute atomic E-state index is 0.335. The molecule has 26 heavy (non-hydrogen) atoms. The van der Waals surface area contributed by atoms with E-state index in [1.54, 1.807) is 25.1 Å². The van der Waals surface area contributed by atoms with Crippen molar-refractivity contribution < 1.29 is 23.5 Å². The van der Waals surface area contributed by atoms with Crippen LogP contribution in [-0.2, 0) is 4.79 Å². The molecular weight excluding hydrogens is 336 g/mol. The second-order valence-electron chi connectivity index (χ2n) is 6.18. The first-order chi connectivity index (χ1) is 12.5. The van der Waals surface area contributed by atoms with E-state index in [4.69, 9.17) is 13.9 Å². The molecule has 0 saturated carbocycles. The summed E-state index contributed by atoms with van der Waals surface area (Å²) in [6.45, 7) is 5.62. The molecule has 0 bridgehead atoms. The Kier molecular flexibility index (Phi) is 4.88. The molecule has 0 aliphatic carbocycles. The Balaban J connectivity index is 1.63. The monoisotopic (exact) mass is 358 g/mol. The summed E-state index contributed by atoms with van der Waals surface area (Å²) in [5.74, 6) is -0.0908. The van der Waals surface area contributed by atoms with Crippen LogP contribution in [0.25, 0.3) is 0 Å². The highest BCUT2D eigenvalue weighted by molar-refractivity contribution is 6.00. The van der Waals surface area contributed by atoms with Crippen LogP contribution < -0.4 is 20.1 Å². The Hall–Kier alpha value is -2.96. The summed E-state index contributed by atoms with van der Waals surface area (Å²) in [5.41, 5.74) is 0.938. The summed E-state index contributed by atoms with van der Waals surface area (Å²) in [6.07, 6.45) is 4.16. The number of amides is 2. The normalized spacial score (nSPS) is 15.3. The van der Waals surface area contributed by atoms with Gasteiger partial charge in [0.15, 0.2) is 11.5 Å². The molecule has 2 heterocycles. The summed E-state index contributed by atoms with van der Waals surface area (Å²) < 4.78 is 16.7. The van der Waals surface area contributed by atoms with Gasteiger partial charge in [0.25, 0.3) is 11.7 Å². The molecule has 1 aromatic carbocycles. The Labute approximate surface area is 151 Å². The smallest absolute Gasteiger partial charge is 0.255 e. The van der Waals surface area contributed by atoms with Crippen molar-refractivity contribution in [1.29, 1.82) is 0 Å². The zero-order valence-electron chi connectivity index (χ0n) is 15.0.